The van der Waals surface area contributed by atoms with Crippen LogP contribution in [0.4, 0.5) is 0 Å². The lowest BCUT2D eigenvalue weighted by molar-refractivity contribution is -0.179. The second kappa shape index (κ2) is 8.01. The van der Waals surface area contributed by atoms with Crippen LogP contribution in [-0.4, -0.2) is 27.3 Å². The lowest BCUT2D eigenvalue weighted by atomic mass is 9.34. The maximum absolute atomic E-state index is 12.9. The van der Waals surface area contributed by atoms with Gasteiger partial charge in [0.2, 0.25) is 0 Å². The standard InChI is InChI=1S/C32H46O4/c1-20-21-10-11-24-30(4,22(21)18-23(34-7)26(20)35-8)15-17-32(6)25-19-29(3,27(33)36-9)13-12-28(25,2)14-16-31(24,32)5/h11,18,25H,10,12-17,19H2,1-9H3/t25?,28-,29-,30+,31?,32+/m1/s1. The van der Waals surface area contributed by atoms with Gasteiger partial charge in [-0.15, -0.1) is 0 Å². The predicted octanol–water partition coefficient (Wildman–Crippen LogP) is 7.34. The molecule has 0 bridgehead atoms. The molecule has 4 nitrogen and oxygen atoms in total. The van der Waals surface area contributed by atoms with Crippen LogP contribution in [-0.2, 0) is 21.4 Å². The molecule has 0 saturated heterocycles. The molecule has 4 aliphatic rings. The second-order valence-corrected chi connectivity index (χ2v) is 13.6. The second-order valence-electron chi connectivity index (χ2n) is 13.6. The van der Waals surface area contributed by atoms with Crippen LogP contribution in [0.5, 0.6) is 11.5 Å². The number of hydrogen-bond donors (Lipinski definition) is 0. The van der Waals surface area contributed by atoms with E-state index in [4.69, 9.17) is 14.2 Å². The van der Waals surface area contributed by atoms with E-state index in [1.54, 1.807) is 26.9 Å². The highest BCUT2D eigenvalue weighted by atomic mass is 16.5. The summed E-state index contributed by atoms with van der Waals surface area (Å²) in [5.41, 5.74) is 5.79. The van der Waals surface area contributed by atoms with Crippen molar-refractivity contribution in [2.24, 2.45) is 27.6 Å². The Kier molecular flexibility index (Phi) is 5.71. The van der Waals surface area contributed by atoms with E-state index in [2.05, 4.69) is 53.7 Å². The minimum atomic E-state index is -0.379. The Balaban J connectivity index is 1.61. The van der Waals surface area contributed by atoms with E-state index in [9.17, 15) is 4.79 Å². The van der Waals surface area contributed by atoms with Gasteiger partial charge in [-0.05, 0) is 110 Å². The molecule has 0 radical (unpaired) electrons. The molecule has 0 N–H and O–H groups in total. The van der Waals surface area contributed by atoms with Gasteiger partial charge < -0.3 is 14.2 Å². The lowest BCUT2D eigenvalue weighted by Crippen LogP contribution is -2.62. The predicted molar refractivity (Wildman–Crippen MR) is 144 cm³/mol. The first-order chi connectivity index (χ1) is 16.8. The van der Waals surface area contributed by atoms with E-state index in [1.165, 1.54) is 36.0 Å². The van der Waals surface area contributed by atoms with E-state index in [0.29, 0.717) is 5.92 Å². The molecule has 3 saturated carbocycles. The SMILES string of the molecule is COC(=O)[C@]1(C)CC[C@]2(C)CCC3(C)C4=CCc5c(cc(OC)c(OC)c5C)[C@]4(C)CC[C@@]3(C)C2C1. The zero-order chi connectivity index (χ0) is 26.3. The van der Waals surface area contributed by atoms with Gasteiger partial charge >= 0.3 is 5.97 Å². The zero-order valence-corrected chi connectivity index (χ0v) is 24.0. The molecule has 2 unspecified atom stereocenters. The first-order valence-electron chi connectivity index (χ1n) is 13.9. The molecule has 4 aliphatic carbocycles. The largest absolute Gasteiger partial charge is 0.493 e. The Labute approximate surface area is 218 Å². The molecule has 36 heavy (non-hydrogen) atoms. The van der Waals surface area contributed by atoms with Crippen molar-refractivity contribution in [3.8, 4) is 11.5 Å². The summed E-state index contributed by atoms with van der Waals surface area (Å²) < 4.78 is 16.9. The van der Waals surface area contributed by atoms with Crippen LogP contribution in [0.15, 0.2) is 17.7 Å². The van der Waals surface area contributed by atoms with Crippen LogP contribution in [0, 0.1) is 34.5 Å². The fraction of sp³-hybridized carbons (Fsp3) is 0.719. The number of methoxy groups -OCH3 is 3. The monoisotopic (exact) mass is 494 g/mol. The normalized spacial score (nSPS) is 41.1. The number of allylic oxidation sites excluding steroid dienone is 2. The van der Waals surface area contributed by atoms with Crippen molar-refractivity contribution >= 4 is 5.97 Å². The van der Waals surface area contributed by atoms with Crippen molar-refractivity contribution in [1.29, 1.82) is 0 Å². The quantitative estimate of drug-likeness (QED) is 0.326. The van der Waals surface area contributed by atoms with Crippen LogP contribution < -0.4 is 9.47 Å². The van der Waals surface area contributed by atoms with Crippen molar-refractivity contribution in [3.05, 3.63) is 34.4 Å². The van der Waals surface area contributed by atoms with Crippen LogP contribution in [0.1, 0.15) is 96.3 Å². The Bertz CT molecular complexity index is 1140. The molecule has 0 amide bonds. The summed E-state index contributed by atoms with van der Waals surface area (Å²) in [4.78, 5) is 12.9. The molecule has 3 fully saturated rings. The molecular weight excluding hydrogens is 448 g/mol. The summed E-state index contributed by atoms with van der Waals surface area (Å²) >= 11 is 0. The van der Waals surface area contributed by atoms with Crippen molar-refractivity contribution in [3.63, 3.8) is 0 Å². The highest BCUT2D eigenvalue weighted by Crippen LogP contribution is 2.74. The van der Waals surface area contributed by atoms with Gasteiger partial charge in [-0.25, -0.2) is 0 Å². The van der Waals surface area contributed by atoms with Gasteiger partial charge in [0.25, 0.3) is 0 Å². The first-order valence-corrected chi connectivity index (χ1v) is 13.9. The van der Waals surface area contributed by atoms with Gasteiger partial charge in [0.15, 0.2) is 11.5 Å². The molecule has 6 atom stereocenters. The molecule has 5 rings (SSSR count). The molecule has 1 aromatic rings. The van der Waals surface area contributed by atoms with Gasteiger partial charge in [0.1, 0.15) is 0 Å². The number of rotatable bonds is 3. The fourth-order valence-electron chi connectivity index (χ4n) is 9.51. The number of hydrogen-bond acceptors (Lipinski definition) is 4. The Morgan fingerprint density at radius 3 is 2.25 bits per heavy atom. The number of esters is 1. The van der Waals surface area contributed by atoms with Crippen LogP contribution in [0.25, 0.3) is 0 Å². The van der Waals surface area contributed by atoms with Crippen LogP contribution in [0.2, 0.25) is 0 Å². The average molecular weight is 495 g/mol. The highest BCUT2D eigenvalue weighted by molar-refractivity contribution is 5.76. The average Bonchev–Trinajstić information content (AvgIpc) is 2.86. The minimum absolute atomic E-state index is 0.0137. The molecule has 198 valence electrons. The Morgan fingerprint density at radius 2 is 1.61 bits per heavy atom. The Morgan fingerprint density at radius 1 is 0.917 bits per heavy atom. The molecule has 0 heterocycles. The van der Waals surface area contributed by atoms with Crippen molar-refractivity contribution in [2.45, 2.75) is 98.3 Å². The number of carbonyl (C=O) groups is 1. The van der Waals surface area contributed by atoms with E-state index in [0.717, 1.165) is 43.6 Å². The summed E-state index contributed by atoms with van der Waals surface area (Å²) in [6, 6.07) is 2.27. The molecule has 4 heteroatoms. The van der Waals surface area contributed by atoms with E-state index >= 15 is 0 Å². The third-order valence-electron chi connectivity index (χ3n) is 12.1. The van der Waals surface area contributed by atoms with Gasteiger partial charge in [0.05, 0.1) is 26.7 Å². The number of carbonyl (C=O) groups excluding carboxylic acids is 1. The van der Waals surface area contributed by atoms with Crippen LogP contribution in [0.3, 0.4) is 0 Å². The third kappa shape index (κ3) is 3.08. The van der Waals surface area contributed by atoms with E-state index in [1.807, 2.05) is 0 Å². The number of fused-ring (bicyclic) bond motifs is 7. The topological polar surface area (TPSA) is 44.8 Å². The van der Waals surface area contributed by atoms with Crippen molar-refractivity contribution < 1.29 is 19.0 Å². The zero-order valence-electron chi connectivity index (χ0n) is 24.0. The smallest absolute Gasteiger partial charge is 0.311 e. The number of benzene rings is 1. The summed E-state index contributed by atoms with van der Waals surface area (Å²) in [5, 5.41) is 0. The van der Waals surface area contributed by atoms with E-state index < -0.39 is 0 Å². The van der Waals surface area contributed by atoms with Gasteiger partial charge in [0, 0.05) is 5.41 Å². The molecule has 0 aliphatic heterocycles. The van der Waals surface area contributed by atoms with Gasteiger partial charge in [-0.2, -0.15) is 0 Å². The molecule has 0 spiro atoms. The number of ether oxygens (including phenoxy) is 3. The summed E-state index contributed by atoms with van der Waals surface area (Å²) in [6.45, 7) is 14.4. The minimum Gasteiger partial charge on any atom is -0.493 e. The summed E-state index contributed by atoms with van der Waals surface area (Å²) in [7, 11) is 5.03. The first kappa shape index (κ1) is 25.7. The maximum atomic E-state index is 12.9. The lowest BCUT2D eigenvalue weighted by Gasteiger charge is -2.70. The molecule has 1 aromatic carbocycles. The van der Waals surface area contributed by atoms with Gasteiger partial charge in [-0.1, -0.05) is 39.3 Å². The van der Waals surface area contributed by atoms with Crippen molar-refractivity contribution in [1.82, 2.24) is 0 Å². The molecular formula is C32H46O4. The fourth-order valence-corrected chi connectivity index (χ4v) is 9.51. The summed E-state index contributed by atoms with van der Waals surface area (Å²) in [5.74, 6) is 2.18. The molecule has 0 aromatic heterocycles. The highest BCUT2D eigenvalue weighted by Gasteiger charge is 2.67. The maximum Gasteiger partial charge on any atom is 0.311 e. The van der Waals surface area contributed by atoms with E-state index in [-0.39, 0.29) is 33.0 Å². The Hall–Kier alpha value is -1.97. The van der Waals surface area contributed by atoms with Crippen LogP contribution >= 0.6 is 0 Å². The third-order valence-corrected chi connectivity index (χ3v) is 12.1. The summed E-state index contributed by atoms with van der Waals surface area (Å²) in [6.07, 6.45) is 11.2. The van der Waals surface area contributed by atoms with Crippen molar-refractivity contribution in [2.75, 3.05) is 21.3 Å². The van der Waals surface area contributed by atoms with Gasteiger partial charge in [-0.3, -0.25) is 4.79 Å².